The Morgan fingerprint density at radius 2 is 2.04 bits per heavy atom. The Hall–Kier alpha value is -1.75. The van der Waals surface area contributed by atoms with Gasteiger partial charge in [0, 0.05) is 18.7 Å². The van der Waals surface area contributed by atoms with Gasteiger partial charge in [0.05, 0.1) is 5.60 Å². The Kier molecular flexibility index (Phi) is 5.29. The van der Waals surface area contributed by atoms with E-state index in [9.17, 15) is 9.90 Å². The second-order valence-electron chi connectivity index (χ2n) is 7.32. The van der Waals surface area contributed by atoms with Gasteiger partial charge in [-0.3, -0.25) is 0 Å². The summed E-state index contributed by atoms with van der Waals surface area (Å²) in [6, 6.07) is 7.26. The summed E-state index contributed by atoms with van der Waals surface area (Å²) >= 11 is 0. The third-order valence-corrected chi connectivity index (χ3v) is 5.20. The van der Waals surface area contributed by atoms with Crippen molar-refractivity contribution in [3.8, 4) is 5.75 Å². The van der Waals surface area contributed by atoms with Crippen molar-refractivity contribution in [2.24, 2.45) is 0 Å². The maximum atomic E-state index is 12.3. The largest absolute Gasteiger partial charge is 0.508 e. The summed E-state index contributed by atoms with van der Waals surface area (Å²) in [5.41, 5.74) is 1.12. The van der Waals surface area contributed by atoms with Gasteiger partial charge in [-0.1, -0.05) is 25.0 Å². The summed E-state index contributed by atoms with van der Waals surface area (Å²) in [4.78, 5) is 12.3. The Morgan fingerprint density at radius 3 is 2.75 bits per heavy atom. The van der Waals surface area contributed by atoms with Crippen LogP contribution in [0.5, 0.6) is 5.75 Å². The molecular weight excluding hydrogens is 304 g/mol. The first-order valence-corrected chi connectivity index (χ1v) is 9.04. The molecule has 2 amide bonds. The molecule has 2 fully saturated rings. The number of hydrogen-bond donors (Lipinski definition) is 3. The second-order valence-corrected chi connectivity index (χ2v) is 7.32. The summed E-state index contributed by atoms with van der Waals surface area (Å²) in [5, 5.41) is 15.5. The van der Waals surface area contributed by atoms with Crippen molar-refractivity contribution in [2.45, 2.75) is 69.6 Å². The molecule has 5 heteroatoms. The average Bonchev–Trinajstić information content (AvgIpc) is 2.97. The van der Waals surface area contributed by atoms with Gasteiger partial charge >= 0.3 is 6.03 Å². The van der Waals surface area contributed by atoms with E-state index in [4.69, 9.17) is 4.74 Å². The molecule has 1 aliphatic carbocycles. The van der Waals surface area contributed by atoms with Crippen molar-refractivity contribution < 1.29 is 14.6 Å². The zero-order valence-corrected chi connectivity index (χ0v) is 14.4. The lowest BCUT2D eigenvalue weighted by Crippen LogP contribution is -2.51. The quantitative estimate of drug-likeness (QED) is 0.793. The molecule has 132 valence electrons. The van der Waals surface area contributed by atoms with E-state index in [0.29, 0.717) is 0 Å². The van der Waals surface area contributed by atoms with Crippen molar-refractivity contribution in [3.63, 3.8) is 0 Å². The Morgan fingerprint density at radius 1 is 1.33 bits per heavy atom. The fraction of sp³-hybridized carbons (Fsp3) is 0.632. The molecule has 5 nitrogen and oxygen atoms in total. The predicted octanol–water partition coefficient (Wildman–Crippen LogP) is 3.11. The molecule has 3 N–H and O–H groups in total. The van der Waals surface area contributed by atoms with Crippen molar-refractivity contribution >= 4 is 6.03 Å². The Balaban J connectivity index is 1.45. The van der Waals surface area contributed by atoms with E-state index in [1.54, 1.807) is 12.1 Å². The van der Waals surface area contributed by atoms with Gasteiger partial charge in [-0.25, -0.2) is 4.79 Å². The molecule has 1 aromatic rings. The van der Waals surface area contributed by atoms with Crippen LogP contribution in [0.4, 0.5) is 4.79 Å². The number of benzene rings is 1. The molecule has 1 saturated carbocycles. The monoisotopic (exact) mass is 332 g/mol. The number of phenols is 1. The van der Waals surface area contributed by atoms with E-state index in [-0.39, 0.29) is 29.5 Å². The van der Waals surface area contributed by atoms with Crippen LogP contribution in [-0.2, 0) is 11.2 Å². The molecule has 0 radical (unpaired) electrons. The molecule has 1 spiro atoms. The maximum absolute atomic E-state index is 12.3. The molecule has 0 bridgehead atoms. The standard InChI is InChI=1S/C19H28N2O3/c1-14(12-15-4-6-17(22)7-5-15)20-18(23)21-16-8-11-24-19(13-16)9-2-3-10-19/h4-7,14,16,22H,2-3,8-13H2,1H3,(H2,20,21,23)/t14-,16-/m0/s1. The van der Waals surface area contributed by atoms with Gasteiger partial charge in [0.2, 0.25) is 0 Å². The van der Waals surface area contributed by atoms with Crippen LogP contribution in [0.2, 0.25) is 0 Å². The third-order valence-electron chi connectivity index (χ3n) is 5.20. The SMILES string of the molecule is C[C@@H](Cc1ccc(O)cc1)NC(=O)N[C@H]1CCOC2(CCCC2)C1. The number of phenolic OH excluding ortho intramolecular Hbond substituents is 1. The van der Waals surface area contributed by atoms with Crippen LogP contribution in [0, 0.1) is 0 Å². The minimum Gasteiger partial charge on any atom is -0.508 e. The van der Waals surface area contributed by atoms with Gasteiger partial charge in [-0.05, 0) is 56.7 Å². The van der Waals surface area contributed by atoms with Crippen LogP contribution in [0.3, 0.4) is 0 Å². The predicted molar refractivity (Wildman–Crippen MR) is 93.1 cm³/mol. The molecule has 1 heterocycles. The summed E-state index contributed by atoms with van der Waals surface area (Å²) in [6.07, 6.45) is 7.30. The highest BCUT2D eigenvalue weighted by Gasteiger charge is 2.40. The van der Waals surface area contributed by atoms with Crippen molar-refractivity contribution in [1.82, 2.24) is 10.6 Å². The molecule has 1 saturated heterocycles. The summed E-state index contributed by atoms with van der Waals surface area (Å²) < 4.78 is 6.02. The molecule has 2 aliphatic rings. The minimum atomic E-state index is -0.0960. The average molecular weight is 332 g/mol. The summed E-state index contributed by atoms with van der Waals surface area (Å²) in [5.74, 6) is 0.262. The van der Waals surface area contributed by atoms with Crippen molar-refractivity contribution in [3.05, 3.63) is 29.8 Å². The smallest absolute Gasteiger partial charge is 0.315 e. The normalized spacial score (nSPS) is 23.8. The number of hydrogen-bond acceptors (Lipinski definition) is 3. The lowest BCUT2D eigenvalue weighted by Gasteiger charge is -2.38. The van der Waals surface area contributed by atoms with Crippen LogP contribution >= 0.6 is 0 Å². The van der Waals surface area contributed by atoms with E-state index < -0.39 is 0 Å². The molecule has 24 heavy (non-hydrogen) atoms. The number of rotatable bonds is 4. The molecule has 3 rings (SSSR count). The maximum Gasteiger partial charge on any atom is 0.315 e. The molecule has 0 aromatic heterocycles. The lowest BCUT2D eigenvalue weighted by molar-refractivity contribution is -0.0820. The van der Waals surface area contributed by atoms with E-state index in [1.807, 2.05) is 19.1 Å². The van der Waals surface area contributed by atoms with Gasteiger partial charge in [0.25, 0.3) is 0 Å². The summed E-state index contributed by atoms with van der Waals surface area (Å²) in [6.45, 7) is 2.74. The minimum absolute atomic E-state index is 0.0217. The number of nitrogens with one attached hydrogen (secondary N) is 2. The number of carbonyl (C=O) groups is 1. The number of amides is 2. The Labute approximate surface area is 143 Å². The molecule has 0 unspecified atom stereocenters. The van der Waals surface area contributed by atoms with E-state index >= 15 is 0 Å². The van der Waals surface area contributed by atoms with Gasteiger partial charge in [0.15, 0.2) is 0 Å². The number of ether oxygens (including phenoxy) is 1. The topological polar surface area (TPSA) is 70.6 Å². The molecule has 2 atom stereocenters. The zero-order valence-electron chi connectivity index (χ0n) is 14.4. The Bertz CT molecular complexity index is 552. The van der Waals surface area contributed by atoms with Gasteiger partial charge in [0.1, 0.15) is 5.75 Å². The van der Waals surface area contributed by atoms with Gasteiger partial charge < -0.3 is 20.5 Å². The van der Waals surface area contributed by atoms with Crippen LogP contribution in [-0.4, -0.2) is 35.4 Å². The van der Waals surface area contributed by atoms with Crippen LogP contribution in [0.1, 0.15) is 51.0 Å². The van der Waals surface area contributed by atoms with Gasteiger partial charge in [-0.15, -0.1) is 0 Å². The zero-order chi connectivity index (χ0) is 17.0. The van der Waals surface area contributed by atoms with E-state index in [2.05, 4.69) is 10.6 Å². The van der Waals surface area contributed by atoms with E-state index in [1.165, 1.54) is 12.8 Å². The lowest BCUT2D eigenvalue weighted by atomic mass is 9.89. The molecule has 1 aromatic carbocycles. The first-order chi connectivity index (χ1) is 11.5. The first kappa shape index (κ1) is 17.1. The summed E-state index contributed by atoms with van der Waals surface area (Å²) in [7, 11) is 0. The fourth-order valence-corrected chi connectivity index (χ4v) is 4.01. The van der Waals surface area contributed by atoms with Crippen LogP contribution in [0.25, 0.3) is 0 Å². The number of aromatic hydroxyl groups is 1. The van der Waals surface area contributed by atoms with E-state index in [0.717, 1.165) is 44.3 Å². The van der Waals surface area contributed by atoms with Crippen LogP contribution in [0.15, 0.2) is 24.3 Å². The van der Waals surface area contributed by atoms with Gasteiger partial charge in [-0.2, -0.15) is 0 Å². The number of carbonyl (C=O) groups excluding carboxylic acids is 1. The fourth-order valence-electron chi connectivity index (χ4n) is 4.01. The highest BCUT2D eigenvalue weighted by Crippen LogP contribution is 2.39. The molecular formula is C19H28N2O3. The number of urea groups is 1. The van der Waals surface area contributed by atoms with Crippen LogP contribution < -0.4 is 10.6 Å². The van der Waals surface area contributed by atoms with Crippen molar-refractivity contribution in [1.29, 1.82) is 0 Å². The first-order valence-electron chi connectivity index (χ1n) is 9.04. The second kappa shape index (κ2) is 7.43. The highest BCUT2D eigenvalue weighted by atomic mass is 16.5. The third kappa shape index (κ3) is 4.41. The van der Waals surface area contributed by atoms with Crippen molar-refractivity contribution in [2.75, 3.05) is 6.61 Å². The highest BCUT2D eigenvalue weighted by molar-refractivity contribution is 5.74. The molecule has 1 aliphatic heterocycles.